The fourth-order valence-electron chi connectivity index (χ4n) is 0.842. The number of rotatable bonds is 2. The minimum absolute atomic E-state index is 0.0579. The minimum Gasteiger partial charge on any atom is -0.358 e. The molecule has 1 atom stereocenters. The maximum Gasteiger partial charge on any atom is 0.228 e. The highest BCUT2D eigenvalue weighted by Gasteiger charge is 2.32. The first-order valence-corrected chi connectivity index (χ1v) is 3.13. The Morgan fingerprint density at radius 3 is 2.89 bits per heavy atom. The van der Waals surface area contributed by atoms with Crippen molar-refractivity contribution in [3.63, 3.8) is 0 Å². The molecule has 1 aliphatic heterocycles. The molecule has 0 N–H and O–H groups in total. The molecule has 1 amide bonds. The van der Waals surface area contributed by atoms with Crippen LogP contribution in [0, 0.1) is 0 Å². The lowest BCUT2D eigenvalue weighted by molar-refractivity contribution is -0.168. The summed E-state index contributed by atoms with van der Waals surface area (Å²) in [7, 11) is 1.76. The van der Waals surface area contributed by atoms with Crippen molar-refractivity contribution in [3.8, 4) is 0 Å². The third-order valence-electron chi connectivity index (χ3n) is 1.53. The molecule has 1 saturated heterocycles. The fraction of sp³-hybridized carbons (Fsp3) is 0.833. The van der Waals surface area contributed by atoms with Gasteiger partial charge in [-0.15, -0.1) is 0 Å². The average molecular weight is 129 g/mol. The Morgan fingerprint density at radius 1 is 1.89 bits per heavy atom. The van der Waals surface area contributed by atoms with Gasteiger partial charge in [0.15, 0.2) is 0 Å². The van der Waals surface area contributed by atoms with Crippen molar-refractivity contribution in [2.75, 3.05) is 13.7 Å². The number of hydrogen-bond acceptors (Lipinski definition) is 2. The van der Waals surface area contributed by atoms with Crippen molar-refractivity contribution in [2.24, 2.45) is 0 Å². The van der Waals surface area contributed by atoms with E-state index in [1.54, 1.807) is 11.9 Å². The van der Waals surface area contributed by atoms with Gasteiger partial charge in [0, 0.05) is 13.7 Å². The van der Waals surface area contributed by atoms with Gasteiger partial charge in [-0.2, -0.15) is 0 Å². The Morgan fingerprint density at radius 2 is 2.56 bits per heavy atom. The van der Waals surface area contributed by atoms with Gasteiger partial charge in [0.25, 0.3) is 0 Å². The fourth-order valence-corrected chi connectivity index (χ4v) is 0.842. The molecule has 0 aromatic carbocycles. The van der Waals surface area contributed by atoms with Crippen LogP contribution >= 0.6 is 0 Å². The van der Waals surface area contributed by atoms with E-state index in [0.29, 0.717) is 13.0 Å². The molecular weight excluding hydrogens is 118 g/mol. The molecule has 1 rings (SSSR count). The Kier molecular flexibility index (Phi) is 1.71. The molecule has 1 unspecified atom stereocenters. The zero-order valence-electron chi connectivity index (χ0n) is 5.76. The van der Waals surface area contributed by atoms with Crippen LogP contribution in [0.4, 0.5) is 0 Å². The van der Waals surface area contributed by atoms with Crippen molar-refractivity contribution in [1.29, 1.82) is 0 Å². The lowest BCUT2D eigenvalue weighted by Gasteiger charge is -2.36. The van der Waals surface area contributed by atoms with Crippen molar-refractivity contribution < 1.29 is 9.53 Å². The first-order valence-electron chi connectivity index (χ1n) is 3.13. The normalized spacial score (nSPS) is 26.2. The first-order chi connectivity index (χ1) is 4.25. The summed E-state index contributed by atoms with van der Waals surface area (Å²) in [6.07, 6.45) is 0.618. The highest BCUT2D eigenvalue weighted by atomic mass is 16.5. The maximum atomic E-state index is 10.6. The Bertz CT molecular complexity index is 124. The number of β-lactam (4-membered cyclic amide) rings is 1. The van der Waals surface area contributed by atoms with Gasteiger partial charge < -0.3 is 9.64 Å². The largest absolute Gasteiger partial charge is 0.358 e. The number of ether oxygens (including phenoxy) is 1. The van der Waals surface area contributed by atoms with Crippen molar-refractivity contribution in [2.45, 2.75) is 19.6 Å². The molecule has 0 aromatic heterocycles. The van der Waals surface area contributed by atoms with Gasteiger partial charge in [-0.05, 0) is 6.92 Å². The Labute approximate surface area is 54.6 Å². The van der Waals surface area contributed by atoms with Crippen LogP contribution in [0.3, 0.4) is 0 Å². The van der Waals surface area contributed by atoms with Crippen LogP contribution in [0.5, 0.6) is 0 Å². The molecule has 1 heterocycles. The van der Waals surface area contributed by atoms with Crippen LogP contribution in [0.25, 0.3) is 0 Å². The highest BCUT2D eigenvalue weighted by Crippen LogP contribution is 2.16. The second-order valence-electron chi connectivity index (χ2n) is 2.12. The molecule has 1 aliphatic rings. The molecule has 9 heavy (non-hydrogen) atoms. The molecule has 0 spiro atoms. The van der Waals surface area contributed by atoms with E-state index in [1.165, 1.54) is 0 Å². The Hall–Kier alpha value is -0.570. The second-order valence-corrected chi connectivity index (χ2v) is 2.12. The lowest BCUT2D eigenvalue weighted by atomic mass is 10.2. The summed E-state index contributed by atoms with van der Waals surface area (Å²) in [5, 5.41) is 0. The molecule has 52 valence electrons. The van der Waals surface area contributed by atoms with Crippen LogP contribution in [-0.4, -0.2) is 30.7 Å². The van der Waals surface area contributed by atoms with Crippen LogP contribution in [0.15, 0.2) is 0 Å². The van der Waals surface area contributed by atoms with E-state index >= 15 is 0 Å². The van der Waals surface area contributed by atoms with Gasteiger partial charge in [0.05, 0.1) is 6.42 Å². The van der Waals surface area contributed by atoms with Crippen molar-refractivity contribution >= 4 is 5.91 Å². The van der Waals surface area contributed by atoms with Gasteiger partial charge >= 0.3 is 0 Å². The van der Waals surface area contributed by atoms with Gasteiger partial charge in [0.2, 0.25) is 5.91 Å². The molecule has 0 bridgehead atoms. The molecular formula is C6H11NO2. The zero-order chi connectivity index (χ0) is 6.85. The number of carbonyl (C=O) groups is 1. The number of hydrogen-bond donors (Lipinski definition) is 0. The molecule has 0 aliphatic carbocycles. The van der Waals surface area contributed by atoms with E-state index in [0.717, 1.165) is 0 Å². The predicted molar refractivity (Wildman–Crippen MR) is 32.8 cm³/mol. The topological polar surface area (TPSA) is 29.5 Å². The SMILES string of the molecule is CCOC1CC(=O)N1C. The van der Waals surface area contributed by atoms with E-state index in [4.69, 9.17) is 4.74 Å². The highest BCUT2D eigenvalue weighted by molar-refractivity contribution is 5.82. The average Bonchev–Trinajstić information content (AvgIpc) is 1.88. The van der Waals surface area contributed by atoms with E-state index in [-0.39, 0.29) is 12.1 Å². The molecule has 3 nitrogen and oxygen atoms in total. The summed E-state index contributed by atoms with van der Waals surface area (Å²) in [6, 6.07) is 0. The minimum atomic E-state index is 0.0579. The van der Waals surface area contributed by atoms with Crippen LogP contribution in [-0.2, 0) is 9.53 Å². The number of likely N-dealkylation sites (tertiary alicyclic amines) is 1. The monoisotopic (exact) mass is 129 g/mol. The quantitative estimate of drug-likeness (QED) is 0.499. The number of amides is 1. The summed E-state index contributed by atoms with van der Waals surface area (Å²) in [4.78, 5) is 12.2. The standard InChI is InChI=1S/C6H11NO2/c1-3-9-6-4-5(8)7(6)2/h6H,3-4H2,1-2H3. The number of nitrogens with zero attached hydrogens (tertiary/aromatic N) is 1. The van der Waals surface area contributed by atoms with Gasteiger partial charge in [-0.25, -0.2) is 0 Å². The molecule has 0 aromatic rings. The number of carbonyl (C=O) groups excluding carboxylic acids is 1. The lowest BCUT2D eigenvalue weighted by Crippen LogP contribution is -2.51. The van der Waals surface area contributed by atoms with Crippen LogP contribution in [0.2, 0.25) is 0 Å². The second kappa shape index (κ2) is 2.35. The summed E-state index contributed by atoms with van der Waals surface area (Å²) in [5.41, 5.74) is 0. The van der Waals surface area contributed by atoms with E-state index < -0.39 is 0 Å². The molecule has 0 saturated carbocycles. The van der Waals surface area contributed by atoms with E-state index in [9.17, 15) is 4.79 Å². The molecule has 1 fully saturated rings. The van der Waals surface area contributed by atoms with Crippen molar-refractivity contribution in [3.05, 3.63) is 0 Å². The molecule has 3 heteroatoms. The summed E-state index contributed by atoms with van der Waals surface area (Å²) in [6.45, 7) is 2.61. The summed E-state index contributed by atoms with van der Waals surface area (Å²) < 4.78 is 5.17. The van der Waals surface area contributed by atoms with E-state index in [1.807, 2.05) is 6.92 Å². The summed E-state index contributed by atoms with van der Waals surface area (Å²) in [5.74, 6) is 0.174. The third kappa shape index (κ3) is 1.05. The van der Waals surface area contributed by atoms with Gasteiger partial charge in [-0.3, -0.25) is 4.79 Å². The molecule has 0 radical (unpaired) electrons. The van der Waals surface area contributed by atoms with Gasteiger partial charge in [-0.1, -0.05) is 0 Å². The van der Waals surface area contributed by atoms with Crippen molar-refractivity contribution in [1.82, 2.24) is 4.90 Å². The van der Waals surface area contributed by atoms with Crippen LogP contribution < -0.4 is 0 Å². The van der Waals surface area contributed by atoms with Crippen LogP contribution in [0.1, 0.15) is 13.3 Å². The maximum absolute atomic E-state index is 10.6. The Balaban J connectivity index is 2.25. The third-order valence-corrected chi connectivity index (χ3v) is 1.53. The van der Waals surface area contributed by atoms with E-state index in [2.05, 4.69) is 0 Å². The predicted octanol–water partition coefficient (Wildman–Crippen LogP) is 0.211. The summed E-state index contributed by atoms with van der Waals surface area (Å²) >= 11 is 0. The smallest absolute Gasteiger partial charge is 0.228 e. The zero-order valence-corrected chi connectivity index (χ0v) is 5.76. The first kappa shape index (κ1) is 6.55. The van der Waals surface area contributed by atoms with Gasteiger partial charge in [0.1, 0.15) is 6.23 Å².